The first-order valence-corrected chi connectivity index (χ1v) is 13.3. The van der Waals surface area contributed by atoms with Crippen LogP contribution in [-0.2, 0) is 16.4 Å². The molecule has 0 atom stereocenters. The molecule has 36 heavy (non-hydrogen) atoms. The Hall–Kier alpha value is -3.90. The molecule has 0 bridgehead atoms. The van der Waals surface area contributed by atoms with Gasteiger partial charge in [-0.05, 0) is 49.4 Å². The van der Waals surface area contributed by atoms with Crippen LogP contribution in [0.1, 0.15) is 5.56 Å². The van der Waals surface area contributed by atoms with E-state index in [1.807, 2.05) is 31.3 Å². The van der Waals surface area contributed by atoms with Gasteiger partial charge in [-0.3, -0.25) is 4.31 Å². The Bertz CT molecular complexity index is 1520. The van der Waals surface area contributed by atoms with Crippen molar-refractivity contribution in [3.05, 3.63) is 60.0 Å². The van der Waals surface area contributed by atoms with Crippen LogP contribution in [0.15, 0.2) is 48.7 Å². The molecule has 2 aromatic carbocycles. The molecule has 5 N–H and O–H groups in total. The second-order valence-corrected chi connectivity index (χ2v) is 10.4. The summed E-state index contributed by atoms with van der Waals surface area (Å²) in [6.07, 6.45) is 3.59. The van der Waals surface area contributed by atoms with Gasteiger partial charge in [-0.15, -0.1) is 0 Å². The molecule has 3 heterocycles. The third-order valence-corrected chi connectivity index (χ3v) is 7.10. The normalized spacial score (nSPS) is 13.1. The first-order chi connectivity index (χ1) is 17.3. The Morgan fingerprint density at radius 1 is 1.08 bits per heavy atom. The predicted molar refractivity (Wildman–Crippen MR) is 142 cm³/mol. The highest BCUT2D eigenvalue weighted by molar-refractivity contribution is 7.92. The lowest BCUT2D eigenvalue weighted by Gasteiger charge is -2.20. The maximum Gasteiger partial charge on any atom is 0.232 e. The minimum Gasteiger partial charge on any atom is -0.381 e. The fraction of sp³-hybridized carbons (Fsp3) is 0.250. The van der Waals surface area contributed by atoms with Gasteiger partial charge in [0.25, 0.3) is 0 Å². The zero-order valence-electron chi connectivity index (χ0n) is 19.9. The maximum absolute atomic E-state index is 14.6. The van der Waals surface area contributed by atoms with E-state index in [9.17, 15) is 12.8 Å². The van der Waals surface area contributed by atoms with Gasteiger partial charge in [-0.2, -0.15) is 9.97 Å². The topological polar surface area (TPSA) is 127 Å². The lowest BCUT2D eigenvalue weighted by Crippen LogP contribution is -2.28. The summed E-state index contributed by atoms with van der Waals surface area (Å²) in [7, 11) is -1.59. The maximum atomic E-state index is 14.6. The lowest BCUT2D eigenvalue weighted by molar-refractivity contribution is 0.598. The third-order valence-electron chi connectivity index (χ3n) is 5.94. The largest absolute Gasteiger partial charge is 0.381 e. The van der Waals surface area contributed by atoms with E-state index < -0.39 is 15.8 Å². The minimum absolute atomic E-state index is 0.260. The highest BCUT2D eigenvalue weighted by Gasteiger charge is 2.29. The van der Waals surface area contributed by atoms with Crippen molar-refractivity contribution in [3.8, 4) is 0 Å². The first kappa shape index (κ1) is 23.8. The average molecular weight is 511 g/mol. The highest BCUT2D eigenvalue weighted by atomic mass is 32.2. The number of hydrogen-bond acceptors (Lipinski definition) is 8. The summed E-state index contributed by atoms with van der Waals surface area (Å²) in [4.78, 5) is 12.2. The smallest absolute Gasteiger partial charge is 0.232 e. The SMILES string of the molecule is CNCCNc1ccc(Nc2nc(Nc3cccc4c3N(S(C)(=O)=O)CC4)c3cc[nH]c3n2)cc1F. The zero-order chi connectivity index (χ0) is 25.3. The number of H-pyrrole nitrogens is 1. The number of sulfonamides is 1. The first-order valence-electron chi connectivity index (χ1n) is 11.5. The van der Waals surface area contributed by atoms with Gasteiger partial charge in [0.05, 0.1) is 28.7 Å². The number of hydrogen-bond donors (Lipinski definition) is 5. The Morgan fingerprint density at radius 2 is 1.94 bits per heavy atom. The number of aromatic amines is 1. The van der Waals surface area contributed by atoms with Crippen LogP contribution in [0.4, 0.5) is 38.9 Å². The Balaban J connectivity index is 1.45. The molecule has 0 saturated carbocycles. The summed E-state index contributed by atoms with van der Waals surface area (Å²) < 4.78 is 40.7. The van der Waals surface area contributed by atoms with Crippen molar-refractivity contribution in [2.75, 3.05) is 53.2 Å². The summed E-state index contributed by atoms with van der Waals surface area (Å²) in [5.41, 5.74) is 3.68. The van der Waals surface area contributed by atoms with Gasteiger partial charge < -0.3 is 26.3 Å². The van der Waals surface area contributed by atoms with Gasteiger partial charge in [-0.1, -0.05) is 12.1 Å². The predicted octanol–water partition coefficient (Wildman–Crippen LogP) is 3.54. The van der Waals surface area contributed by atoms with Gasteiger partial charge in [-0.25, -0.2) is 12.8 Å². The van der Waals surface area contributed by atoms with Crippen molar-refractivity contribution in [2.24, 2.45) is 0 Å². The van der Waals surface area contributed by atoms with Crippen LogP contribution in [0.2, 0.25) is 0 Å². The molecule has 12 heteroatoms. The molecule has 0 amide bonds. The quantitative estimate of drug-likeness (QED) is 0.217. The van der Waals surface area contributed by atoms with Crippen molar-refractivity contribution in [1.82, 2.24) is 20.3 Å². The van der Waals surface area contributed by atoms with Crippen LogP contribution >= 0.6 is 0 Å². The second kappa shape index (κ2) is 9.63. The molecule has 1 aliphatic rings. The molecule has 0 saturated heterocycles. The number of anilines is 6. The Labute approximate surface area is 208 Å². The molecule has 0 unspecified atom stereocenters. The van der Waals surface area contributed by atoms with Crippen molar-refractivity contribution >= 4 is 55.6 Å². The monoisotopic (exact) mass is 510 g/mol. The molecule has 10 nitrogen and oxygen atoms in total. The molecule has 2 aromatic heterocycles. The Kier molecular flexibility index (Phi) is 6.37. The van der Waals surface area contributed by atoms with E-state index in [0.717, 1.165) is 10.9 Å². The van der Waals surface area contributed by atoms with Crippen LogP contribution in [0.3, 0.4) is 0 Å². The zero-order valence-corrected chi connectivity index (χ0v) is 20.7. The van der Waals surface area contributed by atoms with Crippen molar-refractivity contribution < 1.29 is 12.8 Å². The fourth-order valence-corrected chi connectivity index (χ4v) is 5.23. The number of nitrogens with one attached hydrogen (secondary N) is 5. The number of aromatic nitrogens is 3. The van der Waals surface area contributed by atoms with Crippen molar-refractivity contribution in [3.63, 3.8) is 0 Å². The number of rotatable bonds is 9. The molecule has 1 aliphatic heterocycles. The molecular weight excluding hydrogens is 483 g/mol. The van der Waals surface area contributed by atoms with Gasteiger partial charge in [0.15, 0.2) is 0 Å². The van der Waals surface area contributed by atoms with Crippen molar-refractivity contribution in [1.29, 1.82) is 0 Å². The molecule has 0 spiro atoms. The van der Waals surface area contributed by atoms with E-state index in [4.69, 9.17) is 0 Å². The second-order valence-electron chi connectivity index (χ2n) is 8.51. The van der Waals surface area contributed by atoms with Crippen LogP contribution in [0, 0.1) is 5.82 Å². The van der Waals surface area contributed by atoms with Gasteiger partial charge in [0.1, 0.15) is 17.3 Å². The summed E-state index contributed by atoms with van der Waals surface area (Å²) >= 11 is 0. The number of para-hydroxylation sites is 1. The molecule has 188 valence electrons. The van der Waals surface area contributed by atoms with Gasteiger partial charge >= 0.3 is 0 Å². The summed E-state index contributed by atoms with van der Waals surface area (Å²) in [6, 6.07) is 12.3. The van der Waals surface area contributed by atoms with Crippen LogP contribution in [0.25, 0.3) is 11.0 Å². The van der Waals surface area contributed by atoms with Gasteiger partial charge in [0.2, 0.25) is 16.0 Å². The number of nitrogens with zero attached hydrogens (tertiary/aromatic N) is 3. The van der Waals surface area contributed by atoms with Crippen LogP contribution < -0.4 is 25.6 Å². The number of benzene rings is 2. The van der Waals surface area contributed by atoms with Crippen LogP contribution in [0.5, 0.6) is 0 Å². The van der Waals surface area contributed by atoms with E-state index in [0.29, 0.717) is 60.3 Å². The average Bonchev–Trinajstić information content (AvgIpc) is 3.48. The third kappa shape index (κ3) is 4.77. The summed E-state index contributed by atoms with van der Waals surface area (Å²) in [6.45, 7) is 1.71. The van der Waals surface area contributed by atoms with E-state index in [2.05, 4.69) is 36.2 Å². The molecule has 5 rings (SSSR count). The van der Waals surface area contributed by atoms with Crippen LogP contribution in [-0.4, -0.2) is 56.3 Å². The van der Waals surface area contributed by atoms with Gasteiger partial charge in [0, 0.05) is 31.5 Å². The van der Waals surface area contributed by atoms with E-state index >= 15 is 0 Å². The lowest BCUT2D eigenvalue weighted by atomic mass is 10.1. The fourth-order valence-electron chi connectivity index (χ4n) is 4.26. The molecule has 4 aromatic rings. The number of likely N-dealkylation sites (N-methyl/N-ethyl adjacent to an activating group) is 1. The number of fused-ring (bicyclic) bond motifs is 2. The molecule has 0 fully saturated rings. The molecule has 0 radical (unpaired) electrons. The Morgan fingerprint density at radius 3 is 2.72 bits per heavy atom. The standard InChI is InChI=1S/C24H27FN8O2S/c1-26-11-12-27-19-7-6-16(14-18(19)25)29-24-31-22-17(8-10-28-22)23(32-24)30-20-5-3-4-15-9-13-33(21(15)20)36(2,34)35/h3-8,10,14,26-27H,9,11-13H2,1-2H3,(H3,28,29,30,31,32). The highest BCUT2D eigenvalue weighted by Crippen LogP contribution is 2.39. The summed E-state index contributed by atoms with van der Waals surface area (Å²) in [5.74, 6) is 0.356. The minimum atomic E-state index is -3.43. The van der Waals surface area contributed by atoms with E-state index in [-0.39, 0.29) is 5.95 Å². The van der Waals surface area contributed by atoms with Crippen molar-refractivity contribution in [2.45, 2.75) is 6.42 Å². The molecule has 0 aliphatic carbocycles. The molecular formula is C24H27FN8O2S. The number of halogens is 1. The van der Waals surface area contributed by atoms with E-state index in [1.165, 1.54) is 16.6 Å². The summed E-state index contributed by atoms with van der Waals surface area (Å²) in [5, 5.41) is 13.1. The van der Waals surface area contributed by atoms with E-state index in [1.54, 1.807) is 18.3 Å².